The molecule has 0 bridgehead atoms. The molecule has 19 heavy (non-hydrogen) atoms. The van der Waals surface area contributed by atoms with Crippen LogP contribution in [0.3, 0.4) is 0 Å². The van der Waals surface area contributed by atoms with Gasteiger partial charge < -0.3 is 4.74 Å². The molecule has 0 saturated carbocycles. The van der Waals surface area contributed by atoms with Gasteiger partial charge in [-0.25, -0.2) is 0 Å². The van der Waals surface area contributed by atoms with Gasteiger partial charge in [0, 0.05) is 5.56 Å². The van der Waals surface area contributed by atoms with E-state index in [-0.39, 0.29) is 5.78 Å². The molecular formula is C17H24O2. The van der Waals surface area contributed by atoms with Crippen LogP contribution in [0.25, 0.3) is 0 Å². The Morgan fingerprint density at radius 1 is 1.11 bits per heavy atom. The Balaban J connectivity index is 2.09. The van der Waals surface area contributed by atoms with Crippen molar-refractivity contribution in [1.82, 2.24) is 0 Å². The van der Waals surface area contributed by atoms with Gasteiger partial charge in [0.2, 0.25) is 0 Å². The molecule has 0 N–H and O–H groups in total. The molecule has 0 saturated heterocycles. The number of rotatable bonds is 10. The first-order valence-electron chi connectivity index (χ1n) is 7.08. The Hall–Kier alpha value is -1.57. The summed E-state index contributed by atoms with van der Waals surface area (Å²) in [6.07, 6.45) is 9.19. The van der Waals surface area contributed by atoms with Gasteiger partial charge in [-0.15, -0.1) is 6.58 Å². The van der Waals surface area contributed by atoms with Crippen LogP contribution in [-0.2, 0) is 0 Å². The summed E-state index contributed by atoms with van der Waals surface area (Å²) in [7, 11) is 0. The average Bonchev–Trinajstić information content (AvgIpc) is 2.42. The van der Waals surface area contributed by atoms with Crippen LogP contribution in [0.15, 0.2) is 36.9 Å². The second-order valence-electron chi connectivity index (χ2n) is 4.77. The average molecular weight is 260 g/mol. The maximum Gasteiger partial charge on any atom is 0.159 e. The monoisotopic (exact) mass is 260 g/mol. The van der Waals surface area contributed by atoms with E-state index in [1.165, 1.54) is 25.7 Å². The number of unbranched alkanes of at least 4 members (excludes halogenated alkanes) is 5. The molecule has 0 aliphatic heterocycles. The van der Waals surface area contributed by atoms with Gasteiger partial charge in [-0.2, -0.15) is 0 Å². The molecule has 0 fully saturated rings. The highest BCUT2D eigenvalue weighted by molar-refractivity contribution is 5.94. The first kappa shape index (κ1) is 15.5. The van der Waals surface area contributed by atoms with Gasteiger partial charge in [0.1, 0.15) is 5.75 Å². The molecule has 0 unspecified atom stereocenters. The molecular weight excluding hydrogens is 236 g/mol. The van der Waals surface area contributed by atoms with Crippen molar-refractivity contribution in [3.8, 4) is 5.75 Å². The summed E-state index contributed by atoms with van der Waals surface area (Å²) >= 11 is 0. The standard InChI is InChI=1S/C17H24O2/c1-3-4-5-6-7-8-9-14-19-17-12-10-16(11-13-17)15(2)18/h3,10-13H,1,4-9,14H2,2H3. The molecule has 0 aromatic heterocycles. The largest absolute Gasteiger partial charge is 0.494 e. The van der Waals surface area contributed by atoms with Crippen molar-refractivity contribution in [2.45, 2.75) is 45.4 Å². The first-order chi connectivity index (χ1) is 9.24. The van der Waals surface area contributed by atoms with Crippen LogP contribution in [-0.4, -0.2) is 12.4 Å². The van der Waals surface area contributed by atoms with E-state index < -0.39 is 0 Å². The maximum absolute atomic E-state index is 11.1. The van der Waals surface area contributed by atoms with Crippen LogP contribution in [0.1, 0.15) is 55.8 Å². The normalized spacial score (nSPS) is 10.2. The summed E-state index contributed by atoms with van der Waals surface area (Å²) in [5.74, 6) is 0.933. The van der Waals surface area contributed by atoms with Crippen LogP contribution in [0, 0.1) is 0 Å². The molecule has 1 aromatic rings. The van der Waals surface area contributed by atoms with E-state index in [4.69, 9.17) is 4.74 Å². The Kier molecular flexibility index (Phi) is 7.64. The number of allylic oxidation sites excluding steroid dienone is 1. The Bertz CT molecular complexity index is 379. The molecule has 0 aliphatic carbocycles. The van der Waals surface area contributed by atoms with Crippen LogP contribution < -0.4 is 4.74 Å². The highest BCUT2D eigenvalue weighted by Crippen LogP contribution is 2.13. The zero-order valence-corrected chi connectivity index (χ0v) is 11.9. The molecule has 2 nitrogen and oxygen atoms in total. The molecule has 0 aliphatic rings. The number of benzene rings is 1. The lowest BCUT2D eigenvalue weighted by atomic mass is 10.1. The third-order valence-corrected chi connectivity index (χ3v) is 3.08. The van der Waals surface area contributed by atoms with Gasteiger partial charge in [0.05, 0.1) is 6.61 Å². The predicted molar refractivity (Wildman–Crippen MR) is 79.8 cm³/mol. The molecule has 0 spiro atoms. The molecule has 1 aromatic carbocycles. The fraction of sp³-hybridized carbons (Fsp3) is 0.471. The minimum absolute atomic E-state index is 0.0890. The summed E-state index contributed by atoms with van der Waals surface area (Å²) in [4.78, 5) is 11.1. The number of ketones is 1. The number of hydrogen-bond acceptors (Lipinski definition) is 2. The van der Waals surface area contributed by atoms with Crippen molar-refractivity contribution >= 4 is 5.78 Å². The summed E-state index contributed by atoms with van der Waals surface area (Å²) < 4.78 is 5.64. The summed E-state index contributed by atoms with van der Waals surface area (Å²) in [5, 5.41) is 0. The third kappa shape index (κ3) is 6.80. The van der Waals surface area contributed by atoms with Gasteiger partial charge in [0.15, 0.2) is 5.78 Å². The topological polar surface area (TPSA) is 26.3 Å². The predicted octanol–water partition coefficient (Wildman–Crippen LogP) is 4.79. The lowest BCUT2D eigenvalue weighted by Crippen LogP contribution is -1.98. The number of carbonyl (C=O) groups is 1. The van der Waals surface area contributed by atoms with Crippen molar-refractivity contribution in [1.29, 1.82) is 0 Å². The van der Waals surface area contributed by atoms with E-state index in [1.54, 1.807) is 6.92 Å². The van der Waals surface area contributed by atoms with E-state index in [9.17, 15) is 4.79 Å². The lowest BCUT2D eigenvalue weighted by Gasteiger charge is -2.06. The van der Waals surface area contributed by atoms with Crippen LogP contribution in [0.5, 0.6) is 5.75 Å². The highest BCUT2D eigenvalue weighted by Gasteiger charge is 1.99. The van der Waals surface area contributed by atoms with Gasteiger partial charge in [0.25, 0.3) is 0 Å². The summed E-state index contributed by atoms with van der Waals surface area (Å²) in [6.45, 7) is 6.04. The zero-order chi connectivity index (χ0) is 13.9. The van der Waals surface area contributed by atoms with Crippen molar-refractivity contribution in [3.63, 3.8) is 0 Å². The van der Waals surface area contributed by atoms with Crippen molar-refractivity contribution < 1.29 is 9.53 Å². The second-order valence-corrected chi connectivity index (χ2v) is 4.77. The quantitative estimate of drug-likeness (QED) is 0.343. The van der Waals surface area contributed by atoms with E-state index in [1.807, 2.05) is 30.3 Å². The maximum atomic E-state index is 11.1. The zero-order valence-electron chi connectivity index (χ0n) is 11.9. The molecule has 0 amide bonds. The van der Waals surface area contributed by atoms with Crippen LogP contribution >= 0.6 is 0 Å². The second kappa shape index (κ2) is 9.37. The van der Waals surface area contributed by atoms with Crippen molar-refractivity contribution in [2.24, 2.45) is 0 Å². The minimum Gasteiger partial charge on any atom is -0.494 e. The molecule has 0 heterocycles. The molecule has 1 rings (SSSR count). The fourth-order valence-electron chi connectivity index (χ4n) is 1.90. The molecule has 0 atom stereocenters. The third-order valence-electron chi connectivity index (χ3n) is 3.08. The molecule has 0 radical (unpaired) electrons. The minimum atomic E-state index is 0.0890. The lowest BCUT2D eigenvalue weighted by molar-refractivity contribution is 0.101. The van der Waals surface area contributed by atoms with E-state index in [0.29, 0.717) is 0 Å². The molecule has 104 valence electrons. The number of carbonyl (C=O) groups excluding carboxylic acids is 1. The number of hydrogen-bond donors (Lipinski definition) is 0. The number of ether oxygens (including phenoxy) is 1. The van der Waals surface area contributed by atoms with E-state index in [2.05, 4.69) is 6.58 Å². The van der Waals surface area contributed by atoms with Gasteiger partial charge >= 0.3 is 0 Å². The summed E-state index contributed by atoms with van der Waals surface area (Å²) in [6, 6.07) is 7.35. The highest BCUT2D eigenvalue weighted by atomic mass is 16.5. The first-order valence-corrected chi connectivity index (χ1v) is 7.08. The van der Waals surface area contributed by atoms with Gasteiger partial charge in [-0.1, -0.05) is 25.3 Å². The Labute approximate surface area is 116 Å². The van der Waals surface area contributed by atoms with Crippen LogP contribution in [0.2, 0.25) is 0 Å². The summed E-state index contributed by atoms with van der Waals surface area (Å²) in [5.41, 5.74) is 0.731. The smallest absolute Gasteiger partial charge is 0.159 e. The van der Waals surface area contributed by atoms with E-state index >= 15 is 0 Å². The van der Waals surface area contributed by atoms with Crippen LogP contribution in [0.4, 0.5) is 0 Å². The van der Waals surface area contributed by atoms with Crippen molar-refractivity contribution in [2.75, 3.05) is 6.61 Å². The molecule has 2 heteroatoms. The van der Waals surface area contributed by atoms with E-state index in [0.717, 1.165) is 30.8 Å². The SMILES string of the molecule is C=CCCCCCCCOc1ccc(C(C)=O)cc1. The fourth-order valence-corrected chi connectivity index (χ4v) is 1.90. The van der Waals surface area contributed by atoms with Crippen molar-refractivity contribution in [3.05, 3.63) is 42.5 Å². The Morgan fingerprint density at radius 3 is 2.37 bits per heavy atom. The van der Waals surface area contributed by atoms with Gasteiger partial charge in [-0.3, -0.25) is 4.79 Å². The Morgan fingerprint density at radius 2 is 1.74 bits per heavy atom. The number of Topliss-reactive ketones (excluding diaryl/α,β-unsaturated/α-hetero) is 1. The van der Waals surface area contributed by atoms with Gasteiger partial charge in [-0.05, 0) is 50.5 Å².